The molecule has 2 nitrogen and oxygen atoms in total. The van der Waals surface area contributed by atoms with Crippen LogP contribution >= 0.6 is 0 Å². The van der Waals surface area contributed by atoms with Gasteiger partial charge in [0.15, 0.2) is 0 Å². The predicted octanol–water partition coefficient (Wildman–Crippen LogP) is 1.90. The lowest BCUT2D eigenvalue weighted by Gasteiger charge is -1.99. The first-order valence-corrected chi connectivity index (χ1v) is 3.83. The highest BCUT2D eigenvalue weighted by Gasteiger charge is 1.95. The Bertz CT molecular complexity index is 362. The van der Waals surface area contributed by atoms with Crippen molar-refractivity contribution < 1.29 is 0 Å². The van der Waals surface area contributed by atoms with Crippen LogP contribution in [0.3, 0.4) is 0 Å². The van der Waals surface area contributed by atoms with Gasteiger partial charge in [0.05, 0.1) is 0 Å². The maximum atomic E-state index is 4.19. The zero-order valence-electron chi connectivity index (χ0n) is 6.49. The number of aryl methyl sites for hydroxylation is 1. The van der Waals surface area contributed by atoms with Gasteiger partial charge in [-0.15, -0.1) is 0 Å². The lowest BCUT2D eigenvalue weighted by Crippen LogP contribution is -1.92. The minimum Gasteiger partial charge on any atom is -0.304 e. The number of nitrogens with zero attached hydrogens (tertiary/aromatic N) is 2. The summed E-state index contributed by atoms with van der Waals surface area (Å²) in [6, 6.07) is 6.18. The summed E-state index contributed by atoms with van der Waals surface area (Å²) in [5, 5.41) is 0. The third-order valence-electron chi connectivity index (χ3n) is 1.87. The van der Waals surface area contributed by atoms with E-state index in [2.05, 4.69) is 22.4 Å². The van der Waals surface area contributed by atoms with Gasteiger partial charge < -0.3 is 4.40 Å². The first kappa shape index (κ1) is 6.40. The number of hydrogen-bond acceptors (Lipinski definition) is 1. The average molecular weight is 146 g/mol. The first-order valence-electron chi connectivity index (χ1n) is 3.83. The number of rotatable bonds is 1. The number of pyridine rings is 1. The molecule has 11 heavy (non-hydrogen) atoms. The zero-order valence-corrected chi connectivity index (χ0v) is 6.49. The van der Waals surface area contributed by atoms with Gasteiger partial charge in [0.2, 0.25) is 0 Å². The van der Waals surface area contributed by atoms with Crippen LogP contribution in [0.1, 0.15) is 12.6 Å². The van der Waals surface area contributed by atoms with E-state index in [-0.39, 0.29) is 0 Å². The second-order valence-corrected chi connectivity index (χ2v) is 2.53. The average Bonchev–Trinajstić information content (AvgIpc) is 2.50. The molecule has 0 spiro atoms. The van der Waals surface area contributed by atoms with Gasteiger partial charge in [-0.25, -0.2) is 4.98 Å². The largest absolute Gasteiger partial charge is 0.304 e. The maximum absolute atomic E-state index is 4.19. The summed E-state index contributed by atoms with van der Waals surface area (Å²) in [5.74, 6) is 0. The van der Waals surface area contributed by atoms with E-state index in [4.69, 9.17) is 0 Å². The quantitative estimate of drug-likeness (QED) is 0.600. The highest BCUT2D eigenvalue weighted by molar-refractivity contribution is 5.39. The molecule has 0 saturated heterocycles. The summed E-state index contributed by atoms with van der Waals surface area (Å²) in [6.45, 7) is 2.15. The fraction of sp³-hybridized carbons (Fsp3) is 0.222. The van der Waals surface area contributed by atoms with Crippen molar-refractivity contribution in [1.82, 2.24) is 9.38 Å². The summed E-state index contributed by atoms with van der Waals surface area (Å²) in [7, 11) is 0. The van der Waals surface area contributed by atoms with Crippen molar-refractivity contribution >= 4 is 5.65 Å². The highest BCUT2D eigenvalue weighted by atomic mass is 15.0. The zero-order chi connectivity index (χ0) is 7.68. The topological polar surface area (TPSA) is 17.3 Å². The number of hydrogen-bond donors (Lipinski definition) is 0. The molecule has 0 amide bonds. The molecule has 0 aliphatic heterocycles. The van der Waals surface area contributed by atoms with Crippen LogP contribution in [0.4, 0.5) is 0 Å². The van der Waals surface area contributed by atoms with Crippen molar-refractivity contribution in [2.24, 2.45) is 0 Å². The molecular formula is C9H10N2. The lowest BCUT2D eigenvalue weighted by molar-refractivity contribution is 0.980. The van der Waals surface area contributed by atoms with Gasteiger partial charge in [-0.05, 0) is 18.6 Å². The smallest absolute Gasteiger partial charge is 0.136 e. The van der Waals surface area contributed by atoms with Crippen LogP contribution in [-0.2, 0) is 6.42 Å². The van der Waals surface area contributed by atoms with Crippen LogP contribution in [0.2, 0.25) is 0 Å². The second kappa shape index (κ2) is 2.38. The first-order chi connectivity index (χ1) is 5.42. The molecule has 0 saturated carbocycles. The van der Waals surface area contributed by atoms with Gasteiger partial charge in [-0.2, -0.15) is 0 Å². The molecule has 0 aliphatic rings. The van der Waals surface area contributed by atoms with Crippen LogP contribution in [-0.4, -0.2) is 9.38 Å². The Labute approximate surface area is 65.5 Å². The summed E-state index contributed by atoms with van der Waals surface area (Å²) >= 11 is 0. The molecule has 0 fully saturated rings. The summed E-state index contributed by atoms with van der Waals surface area (Å²) in [4.78, 5) is 4.19. The SMILES string of the molecule is CCc1cccc2nccn12. The van der Waals surface area contributed by atoms with E-state index in [0.29, 0.717) is 0 Å². The van der Waals surface area contributed by atoms with Crippen LogP contribution in [0.15, 0.2) is 30.6 Å². The van der Waals surface area contributed by atoms with E-state index in [1.807, 2.05) is 24.5 Å². The van der Waals surface area contributed by atoms with Crippen molar-refractivity contribution in [3.63, 3.8) is 0 Å². The van der Waals surface area contributed by atoms with E-state index >= 15 is 0 Å². The third-order valence-corrected chi connectivity index (χ3v) is 1.87. The van der Waals surface area contributed by atoms with Gasteiger partial charge in [0, 0.05) is 18.1 Å². The van der Waals surface area contributed by atoms with Crippen molar-refractivity contribution in [3.8, 4) is 0 Å². The Morgan fingerprint density at radius 2 is 2.36 bits per heavy atom. The monoisotopic (exact) mass is 146 g/mol. The van der Waals surface area contributed by atoms with Gasteiger partial charge in [0.25, 0.3) is 0 Å². The van der Waals surface area contributed by atoms with Crippen molar-refractivity contribution in [3.05, 3.63) is 36.3 Å². The Morgan fingerprint density at radius 1 is 1.45 bits per heavy atom. The Hall–Kier alpha value is -1.31. The number of imidazole rings is 1. The van der Waals surface area contributed by atoms with Gasteiger partial charge in [-0.3, -0.25) is 0 Å². The molecule has 2 aromatic rings. The lowest BCUT2D eigenvalue weighted by atomic mass is 10.3. The highest BCUT2D eigenvalue weighted by Crippen LogP contribution is 2.05. The molecule has 0 radical (unpaired) electrons. The molecule has 0 aliphatic carbocycles. The van der Waals surface area contributed by atoms with E-state index < -0.39 is 0 Å². The Balaban J connectivity index is 2.79. The molecule has 0 aromatic carbocycles. The molecule has 2 aromatic heterocycles. The standard InChI is InChI=1S/C9H10N2/c1-2-8-4-3-5-9-10-6-7-11(8)9/h3-7H,2H2,1H3. The fourth-order valence-electron chi connectivity index (χ4n) is 1.29. The fourth-order valence-corrected chi connectivity index (χ4v) is 1.29. The molecule has 0 bridgehead atoms. The molecule has 2 heteroatoms. The normalized spacial score (nSPS) is 10.6. The molecule has 0 atom stereocenters. The molecule has 0 N–H and O–H groups in total. The molecule has 56 valence electrons. The van der Waals surface area contributed by atoms with Gasteiger partial charge >= 0.3 is 0 Å². The van der Waals surface area contributed by atoms with E-state index in [0.717, 1.165) is 12.1 Å². The van der Waals surface area contributed by atoms with E-state index in [9.17, 15) is 0 Å². The van der Waals surface area contributed by atoms with E-state index in [1.165, 1.54) is 5.69 Å². The van der Waals surface area contributed by atoms with Crippen molar-refractivity contribution in [2.45, 2.75) is 13.3 Å². The van der Waals surface area contributed by atoms with Gasteiger partial charge in [0.1, 0.15) is 5.65 Å². The molecule has 2 rings (SSSR count). The summed E-state index contributed by atoms with van der Waals surface area (Å²) in [6.07, 6.45) is 4.87. The minimum absolute atomic E-state index is 1.03. The van der Waals surface area contributed by atoms with Crippen LogP contribution in [0, 0.1) is 0 Å². The summed E-state index contributed by atoms with van der Waals surface area (Å²) < 4.78 is 2.11. The van der Waals surface area contributed by atoms with Crippen molar-refractivity contribution in [2.75, 3.05) is 0 Å². The van der Waals surface area contributed by atoms with E-state index in [1.54, 1.807) is 0 Å². The Kier molecular flexibility index (Phi) is 1.39. The Morgan fingerprint density at radius 3 is 3.18 bits per heavy atom. The number of aromatic nitrogens is 2. The van der Waals surface area contributed by atoms with Crippen LogP contribution in [0.25, 0.3) is 5.65 Å². The van der Waals surface area contributed by atoms with Crippen LogP contribution in [0.5, 0.6) is 0 Å². The van der Waals surface area contributed by atoms with Crippen molar-refractivity contribution in [1.29, 1.82) is 0 Å². The summed E-state index contributed by atoms with van der Waals surface area (Å²) in [5.41, 5.74) is 2.34. The minimum atomic E-state index is 1.03. The predicted molar refractivity (Wildman–Crippen MR) is 44.6 cm³/mol. The second-order valence-electron chi connectivity index (χ2n) is 2.53. The maximum Gasteiger partial charge on any atom is 0.136 e. The third kappa shape index (κ3) is 0.909. The number of fused-ring (bicyclic) bond motifs is 1. The molecular weight excluding hydrogens is 136 g/mol. The molecule has 0 unspecified atom stereocenters. The van der Waals surface area contributed by atoms with Crippen LogP contribution < -0.4 is 0 Å². The van der Waals surface area contributed by atoms with Gasteiger partial charge in [-0.1, -0.05) is 13.0 Å². The molecule has 2 heterocycles.